The van der Waals surface area contributed by atoms with Gasteiger partial charge >= 0.3 is 0 Å². The average Bonchev–Trinajstić information content (AvgIpc) is 2.94. The van der Waals surface area contributed by atoms with E-state index in [-0.39, 0.29) is 31.2 Å². The standard InChI is InChI=1S/C32H40N4O5/c1-22(30(39)33-21-25-17-11-16-24-15-8-9-18-26(24)25)34-31(40)27(20-29(38)36-41-32(2,3)4)35-28(37)19-10-14-23-12-6-5-7-13-23/h5-9,11-13,15-18,22,27H,10,14,19-21H2,1-4H3,(H,33,39)(H,34,40)(H,35,37)(H,36,38). The number of benzene rings is 3. The Hall–Kier alpha value is -4.24. The Morgan fingerprint density at radius 2 is 1.49 bits per heavy atom. The van der Waals surface area contributed by atoms with Crippen LogP contribution in [-0.2, 0) is 37.0 Å². The largest absolute Gasteiger partial charge is 0.350 e. The molecule has 3 rings (SSSR count). The van der Waals surface area contributed by atoms with Gasteiger partial charge in [0.15, 0.2) is 0 Å². The summed E-state index contributed by atoms with van der Waals surface area (Å²) >= 11 is 0. The maximum atomic E-state index is 13.1. The van der Waals surface area contributed by atoms with Crippen LogP contribution in [0.25, 0.3) is 10.8 Å². The normalized spacial score (nSPS) is 12.7. The Labute approximate surface area is 241 Å². The van der Waals surface area contributed by atoms with Crippen LogP contribution in [0.4, 0.5) is 0 Å². The molecule has 0 heterocycles. The van der Waals surface area contributed by atoms with E-state index in [2.05, 4.69) is 21.4 Å². The monoisotopic (exact) mass is 560 g/mol. The summed E-state index contributed by atoms with van der Waals surface area (Å²) in [6.45, 7) is 7.14. The molecule has 0 aliphatic heterocycles. The van der Waals surface area contributed by atoms with Crippen LogP contribution in [0, 0.1) is 0 Å². The molecular weight excluding hydrogens is 520 g/mol. The lowest BCUT2D eigenvalue weighted by molar-refractivity contribution is -0.147. The molecule has 9 heteroatoms. The zero-order chi connectivity index (χ0) is 29.8. The number of fused-ring (bicyclic) bond motifs is 1. The molecule has 0 spiro atoms. The quantitative estimate of drug-likeness (QED) is 0.237. The van der Waals surface area contributed by atoms with Gasteiger partial charge in [-0.2, -0.15) is 0 Å². The van der Waals surface area contributed by atoms with Crippen molar-refractivity contribution < 1.29 is 24.0 Å². The number of amides is 4. The summed E-state index contributed by atoms with van der Waals surface area (Å²) in [5.74, 6) is -1.96. The van der Waals surface area contributed by atoms with Crippen molar-refractivity contribution in [3.8, 4) is 0 Å². The zero-order valence-electron chi connectivity index (χ0n) is 24.2. The third-order valence-electron chi connectivity index (χ3n) is 6.31. The molecule has 0 radical (unpaired) electrons. The van der Waals surface area contributed by atoms with E-state index in [0.29, 0.717) is 12.8 Å². The SMILES string of the molecule is CC(NC(=O)C(CC(=O)NOC(C)(C)C)NC(=O)CCCc1ccccc1)C(=O)NCc1cccc2ccccc12. The van der Waals surface area contributed by atoms with E-state index in [1.54, 1.807) is 27.7 Å². The maximum Gasteiger partial charge on any atom is 0.246 e. The number of carbonyl (C=O) groups is 4. The van der Waals surface area contributed by atoms with Crippen LogP contribution in [0.5, 0.6) is 0 Å². The van der Waals surface area contributed by atoms with Crippen LogP contribution >= 0.6 is 0 Å². The number of aryl methyl sites for hydroxylation is 1. The molecule has 41 heavy (non-hydrogen) atoms. The first kappa shape index (κ1) is 31.3. The first-order valence-corrected chi connectivity index (χ1v) is 13.9. The second kappa shape index (κ2) is 14.9. The predicted molar refractivity (Wildman–Crippen MR) is 158 cm³/mol. The van der Waals surface area contributed by atoms with Gasteiger partial charge in [-0.05, 0) is 62.4 Å². The molecule has 3 aromatic carbocycles. The molecule has 2 atom stereocenters. The van der Waals surface area contributed by atoms with Gasteiger partial charge in [-0.15, -0.1) is 0 Å². The Bertz CT molecular complexity index is 1330. The fourth-order valence-electron chi connectivity index (χ4n) is 4.17. The van der Waals surface area contributed by atoms with Gasteiger partial charge in [-0.1, -0.05) is 72.8 Å². The van der Waals surface area contributed by atoms with Crippen LogP contribution in [-0.4, -0.2) is 41.3 Å². The summed E-state index contributed by atoms with van der Waals surface area (Å²) < 4.78 is 0. The molecule has 218 valence electrons. The van der Waals surface area contributed by atoms with E-state index >= 15 is 0 Å². The van der Waals surface area contributed by atoms with E-state index in [1.165, 1.54) is 0 Å². The van der Waals surface area contributed by atoms with Crippen molar-refractivity contribution in [1.82, 2.24) is 21.4 Å². The minimum absolute atomic E-state index is 0.180. The third-order valence-corrected chi connectivity index (χ3v) is 6.31. The number of hydroxylamine groups is 1. The summed E-state index contributed by atoms with van der Waals surface area (Å²) in [5.41, 5.74) is 3.75. The molecule has 0 aliphatic carbocycles. The molecule has 0 bridgehead atoms. The smallest absolute Gasteiger partial charge is 0.246 e. The Morgan fingerprint density at radius 1 is 0.805 bits per heavy atom. The lowest BCUT2D eigenvalue weighted by atomic mass is 10.0. The summed E-state index contributed by atoms with van der Waals surface area (Å²) in [7, 11) is 0. The highest BCUT2D eigenvalue weighted by atomic mass is 16.7. The van der Waals surface area contributed by atoms with Crippen LogP contribution in [0.15, 0.2) is 72.8 Å². The summed E-state index contributed by atoms with van der Waals surface area (Å²) in [6.07, 6.45) is 1.12. The van der Waals surface area contributed by atoms with Gasteiger partial charge in [-0.25, -0.2) is 5.48 Å². The van der Waals surface area contributed by atoms with Crippen molar-refractivity contribution in [1.29, 1.82) is 0 Å². The van der Waals surface area contributed by atoms with Crippen molar-refractivity contribution in [3.05, 3.63) is 83.9 Å². The molecule has 3 aromatic rings. The van der Waals surface area contributed by atoms with Crippen LogP contribution in [0.2, 0.25) is 0 Å². The van der Waals surface area contributed by atoms with Crippen molar-refractivity contribution in [3.63, 3.8) is 0 Å². The zero-order valence-corrected chi connectivity index (χ0v) is 24.2. The minimum Gasteiger partial charge on any atom is -0.350 e. The van der Waals surface area contributed by atoms with E-state index in [9.17, 15) is 19.2 Å². The van der Waals surface area contributed by atoms with Gasteiger partial charge in [0.2, 0.25) is 23.6 Å². The van der Waals surface area contributed by atoms with E-state index in [0.717, 1.165) is 21.9 Å². The van der Waals surface area contributed by atoms with Gasteiger partial charge in [0, 0.05) is 13.0 Å². The molecule has 4 amide bonds. The van der Waals surface area contributed by atoms with Gasteiger partial charge < -0.3 is 16.0 Å². The Balaban J connectivity index is 1.58. The second-order valence-corrected chi connectivity index (χ2v) is 11.0. The Kier molecular flexibility index (Phi) is 11.4. The second-order valence-electron chi connectivity index (χ2n) is 11.0. The first-order valence-electron chi connectivity index (χ1n) is 13.9. The molecule has 2 unspecified atom stereocenters. The number of nitrogens with one attached hydrogen (secondary N) is 4. The molecule has 0 fully saturated rings. The van der Waals surface area contributed by atoms with E-state index < -0.39 is 29.5 Å². The highest BCUT2D eigenvalue weighted by molar-refractivity contribution is 5.94. The lowest BCUT2D eigenvalue weighted by Gasteiger charge is -2.23. The minimum atomic E-state index is -1.18. The fraction of sp³-hybridized carbons (Fsp3) is 0.375. The molecule has 0 saturated carbocycles. The topological polar surface area (TPSA) is 126 Å². The molecule has 9 nitrogen and oxygen atoms in total. The summed E-state index contributed by atoms with van der Waals surface area (Å²) in [5, 5.41) is 10.2. The third kappa shape index (κ3) is 10.7. The number of rotatable bonds is 13. The van der Waals surface area contributed by atoms with Crippen LogP contribution in [0.1, 0.15) is 58.1 Å². The van der Waals surface area contributed by atoms with Crippen LogP contribution < -0.4 is 21.4 Å². The van der Waals surface area contributed by atoms with Crippen molar-refractivity contribution in [2.75, 3.05) is 0 Å². The van der Waals surface area contributed by atoms with Crippen LogP contribution in [0.3, 0.4) is 0 Å². The molecule has 0 aliphatic rings. The van der Waals surface area contributed by atoms with Crippen molar-refractivity contribution in [2.24, 2.45) is 0 Å². The van der Waals surface area contributed by atoms with E-state index in [1.807, 2.05) is 72.8 Å². The average molecular weight is 561 g/mol. The van der Waals surface area contributed by atoms with Crippen molar-refractivity contribution in [2.45, 2.75) is 77.6 Å². The predicted octanol–water partition coefficient (Wildman–Crippen LogP) is 3.70. The van der Waals surface area contributed by atoms with Gasteiger partial charge in [0.25, 0.3) is 0 Å². The van der Waals surface area contributed by atoms with Gasteiger partial charge in [0.1, 0.15) is 12.1 Å². The summed E-state index contributed by atoms with van der Waals surface area (Å²) in [4.78, 5) is 56.5. The number of carbonyl (C=O) groups excluding carboxylic acids is 4. The van der Waals surface area contributed by atoms with E-state index in [4.69, 9.17) is 4.84 Å². The molecule has 0 aromatic heterocycles. The highest BCUT2D eigenvalue weighted by Gasteiger charge is 2.27. The first-order chi connectivity index (χ1) is 19.5. The maximum absolute atomic E-state index is 13.1. The number of hydrogen-bond acceptors (Lipinski definition) is 5. The molecule has 0 saturated heterocycles. The lowest BCUT2D eigenvalue weighted by Crippen LogP contribution is -2.54. The fourth-order valence-corrected chi connectivity index (χ4v) is 4.17. The Morgan fingerprint density at radius 3 is 2.22 bits per heavy atom. The number of hydrogen-bond donors (Lipinski definition) is 4. The highest BCUT2D eigenvalue weighted by Crippen LogP contribution is 2.18. The van der Waals surface area contributed by atoms with Gasteiger partial charge in [-0.3, -0.25) is 24.0 Å². The van der Waals surface area contributed by atoms with Gasteiger partial charge in [0.05, 0.1) is 12.0 Å². The summed E-state index contributed by atoms with van der Waals surface area (Å²) in [6, 6.07) is 21.4. The van der Waals surface area contributed by atoms with Crippen molar-refractivity contribution >= 4 is 34.4 Å². The molecular formula is C32H40N4O5. The molecule has 4 N–H and O–H groups in total.